The predicted octanol–water partition coefficient (Wildman–Crippen LogP) is 2.80. The molecule has 6 heteroatoms. The third-order valence-electron chi connectivity index (χ3n) is 4.20. The van der Waals surface area contributed by atoms with Crippen LogP contribution in [0.2, 0.25) is 5.02 Å². The van der Waals surface area contributed by atoms with Gasteiger partial charge in [0.2, 0.25) is 5.91 Å². The zero-order valence-electron chi connectivity index (χ0n) is 14.1. The van der Waals surface area contributed by atoms with Crippen LogP contribution in [0.3, 0.4) is 0 Å². The second-order valence-corrected chi connectivity index (χ2v) is 6.02. The first kappa shape index (κ1) is 17.9. The highest BCUT2D eigenvalue weighted by Gasteiger charge is 2.20. The fraction of sp³-hybridized carbons (Fsp3) is 0.588. The fourth-order valence-corrected chi connectivity index (χ4v) is 3.19. The normalized spacial score (nSPS) is 16.1. The third kappa shape index (κ3) is 4.30. The predicted molar refractivity (Wildman–Crippen MR) is 91.3 cm³/mol. The smallest absolute Gasteiger partial charge is 0.222 e. The Labute approximate surface area is 143 Å². The maximum absolute atomic E-state index is 11.8. The van der Waals surface area contributed by atoms with E-state index in [1.807, 2.05) is 24.0 Å². The largest absolute Gasteiger partial charge is 0.493 e. The molecule has 1 aromatic rings. The Morgan fingerprint density at radius 3 is 2.61 bits per heavy atom. The number of methoxy groups -OCH3 is 2. The zero-order chi connectivity index (χ0) is 16.8. The van der Waals surface area contributed by atoms with E-state index in [-0.39, 0.29) is 5.91 Å². The summed E-state index contributed by atoms with van der Waals surface area (Å²) in [5, 5.41) is 0.595. The number of amides is 1. The first-order valence-electron chi connectivity index (χ1n) is 8.00. The number of nitrogens with zero attached hydrogens (tertiary/aromatic N) is 2. The summed E-state index contributed by atoms with van der Waals surface area (Å²) in [7, 11) is 3.19. The minimum Gasteiger partial charge on any atom is -0.493 e. The second kappa shape index (κ2) is 8.41. The van der Waals surface area contributed by atoms with E-state index < -0.39 is 0 Å². The van der Waals surface area contributed by atoms with E-state index in [0.29, 0.717) is 22.9 Å². The minimum atomic E-state index is 0.232. The van der Waals surface area contributed by atoms with Gasteiger partial charge in [-0.3, -0.25) is 9.69 Å². The number of hydrogen-bond donors (Lipinski definition) is 0. The van der Waals surface area contributed by atoms with Crippen LogP contribution >= 0.6 is 11.6 Å². The quantitative estimate of drug-likeness (QED) is 0.826. The molecule has 1 aromatic carbocycles. The topological polar surface area (TPSA) is 42.0 Å². The first-order valence-corrected chi connectivity index (χ1v) is 8.38. The summed E-state index contributed by atoms with van der Waals surface area (Å²) in [6, 6.07) is 3.86. The number of hydrogen-bond acceptors (Lipinski definition) is 4. The van der Waals surface area contributed by atoms with Gasteiger partial charge >= 0.3 is 0 Å². The minimum absolute atomic E-state index is 0.232. The lowest BCUT2D eigenvalue weighted by Crippen LogP contribution is -2.34. The van der Waals surface area contributed by atoms with Crippen LogP contribution in [-0.2, 0) is 11.3 Å². The maximum atomic E-state index is 11.8. The van der Waals surface area contributed by atoms with Crippen LogP contribution in [0.15, 0.2) is 12.1 Å². The van der Waals surface area contributed by atoms with Crippen molar-refractivity contribution in [3.63, 3.8) is 0 Å². The molecule has 0 aromatic heterocycles. The van der Waals surface area contributed by atoms with Crippen molar-refractivity contribution in [2.75, 3.05) is 40.4 Å². The molecule has 23 heavy (non-hydrogen) atoms. The van der Waals surface area contributed by atoms with Crippen LogP contribution < -0.4 is 9.47 Å². The van der Waals surface area contributed by atoms with Crippen molar-refractivity contribution in [1.82, 2.24) is 9.80 Å². The van der Waals surface area contributed by atoms with E-state index in [0.717, 1.165) is 44.7 Å². The number of rotatable bonds is 5. The Hall–Kier alpha value is -1.46. The van der Waals surface area contributed by atoms with Crippen molar-refractivity contribution in [3.8, 4) is 11.5 Å². The molecule has 1 fully saturated rings. The third-order valence-corrected chi connectivity index (χ3v) is 4.62. The molecule has 0 aliphatic carbocycles. The van der Waals surface area contributed by atoms with E-state index in [4.69, 9.17) is 21.1 Å². The van der Waals surface area contributed by atoms with Crippen LogP contribution in [-0.4, -0.2) is 56.1 Å². The number of benzene rings is 1. The molecule has 128 valence electrons. The average Bonchev–Trinajstić information content (AvgIpc) is 2.81. The molecule has 0 atom stereocenters. The molecule has 2 rings (SSSR count). The molecule has 1 amide bonds. The molecule has 1 aliphatic heterocycles. The fourth-order valence-electron chi connectivity index (χ4n) is 2.90. The molecule has 1 aliphatic rings. The summed E-state index contributed by atoms with van der Waals surface area (Å²) >= 11 is 6.46. The Bertz CT molecular complexity index is 551. The average molecular weight is 341 g/mol. The van der Waals surface area contributed by atoms with E-state index in [9.17, 15) is 4.79 Å². The van der Waals surface area contributed by atoms with Crippen LogP contribution in [0.4, 0.5) is 0 Å². The summed E-state index contributed by atoms with van der Waals surface area (Å²) in [6.07, 6.45) is 1.55. The van der Waals surface area contributed by atoms with Crippen LogP contribution in [0, 0.1) is 0 Å². The van der Waals surface area contributed by atoms with Gasteiger partial charge in [0, 0.05) is 39.1 Å². The summed E-state index contributed by atoms with van der Waals surface area (Å²) < 4.78 is 10.6. The zero-order valence-corrected chi connectivity index (χ0v) is 14.9. The summed E-state index contributed by atoms with van der Waals surface area (Å²) in [5.41, 5.74) is 1.01. The molecule has 0 unspecified atom stereocenters. The van der Waals surface area contributed by atoms with Gasteiger partial charge in [0.25, 0.3) is 0 Å². The molecule has 0 radical (unpaired) electrons. The summed E-state index contributed by atoms with van der Waals surface area (Å²) in [4.78, 5) is 16.1. The van der Waals surface area contributed by atoms with Crippen molar-refractivity contribution < 1.29 is 14.3 Å². The molecule has 0 spiro atoms. The van der Waals surface area contributed by atoms with Gasteiger partial charge in [0.1, 0.15) is 0 Å². The monoisotopic (exact) mass is 340 g/mol. The van der Waals surface area contributed by atoms with Crippen molar-refractivity contribution in [2.24, 2.45) is 0 Å². The molecule has 5 nitrogen and oxygen atoms in total. The molecular weight excluding hydrogens is 316 g/mol. The Morgan fingerprint density at radius 2 is 1.96 bits per heavy atom. The molecule has 0 bridgehead atoms. The van der Waals surface area contributed by atoms with Gasteiger partial charge < -0.3 is 14.4 Å². The Balaban J connectivity index is 2.06. The van der Waals surface area contributed by atoms with Crippen LogP contribution in [0.5, 0.6) is 11.5 Å². The van der Waals surface area contributed by atoms with Gasteiger partial charge in [0.15, 0.2) is 11.5 Å². The van der Waals surface area contributed by atoms with Crippen molar-refractivity contribution in [2.45, 2.75) is 26.3 Å². The van der Waals surface area contributed by atoms with Crippen molar-refractivity contribution in [1.29, 1.82) is 0 Å². The van der Waals surface area contributed by atoms with Gasteiger partial charge in [-0.25, -0.2) is 0 Å². The van der Waals surface area contributed by atoms with E-state index in [1.165, 1.54) is 0 Å². The lowest BCUT2D eigenvalue weighted by molar-refractivity contribution is -0.130. The summed E-state index contributed by atoms with van der Waals surface area (Å²) in [5.74, 6) is 1.44. The Morgan fingerprint density at radius 1 is 1.17 bits per heavy atom. The highest BCUT2D eigenvalue weighted by molar-refractivity contribution is 6.33. The Kier molecular flexibility index (Phi) is 6.54. The lowest BCUT2D eigenvalue weighted by Gasteiger charge is -2.22. The van der Waals surface area contributed by atoms with Gasteiger partial charge in [-0.15, -0.1) is 0 Å². The number of carbonyl (C=O) groups excluding carboxylic acids is 1. The van der Waals surface area contributed by atoms with Gasteiger partial charge in [-0.2, -0.15) is 0 Å². The van der Waals surface area contributed by atoms with Gasteiger partial charge in [-0.05, 0) is 18.1 Å². The van der Waals surface area contributed by atoms with Crippen molar-refractivity contribution >= 4 is 17.5 Å². The maximum Gasteiger partial charge on any atom is 0.222 e. The van der Waals surface area contributed by atoms with E-state index >= 15 is 0 Å². The molecule has 0 saturated carbocycles. The number of halogens is 1. The van der Waals surface area contributed by atoms with Crippen LogP contribution in [0.1, 0.15) is 25.3 Å². The highest BCUT2D eigenvalue weighted by atomic mass is 35.5. The van der Waals surface area contributed by atoms with Crippen molar-refractivity contribution in [3.05, 3.63) is 22.7 Å². The van der Waals surface area contributed by atoms with Gasteiger partial charge in [0.05, 0.1) is 19.2 Å². The summed E-state index contributed by atoms with van der Waals surface area (Å²) in [6.45, 7) is 6.08. The second-order valence-electron chi connectivity index (χ2n) is 5.64. The SMILES string of the molecule is CCC(=O)N1CCCN(Cc2ccc(OC)c(OC)c2Cl)CC1. The van der Waals surface area contributed by atoms with Gasteiger partial charge in [-0.1, -0.05) is 24.6 Å². The highest BCUT2D eigenvalue weighted by Crippen LogP contribution is 2.37. The number of carbonyl (C=O) groups is 1. The molecule has 1 heterocycles. The standard InChI is InChI=1S/C17H25ClN2O3/c1-4-15(21)20-9-5-8-19(10-11-20)12-13-6-7-14(22-2)17(23-3)16(13)18/h6-7H,4-5,8-12H2,1-3H3. The first-order chi connectivity index (χ1) is 11.1. The lowest BCUT2D eigenvalue weighted by atomic mass is 10.1. The van der Waals surface area contributed by atoms with E-state index in [2.05, 4.69) is 4.90 Å². The molecule has 1 saturated heterocycles. The number of ether oxygens (including phenoxy) is 2. The molecular formula is C17H25ClN2O3. The van der Waals surface area contributed by atoms with E-state index in [1.54, 1.807) is 14.2 Å². The van der Waals surface area contributed by atoms with Crippen LogP contribution in [0.25, 0.3) is 0 Å². The molecule has 0 N–H and O–H groups in total.